The Hall–Kier alpha value is -1.07. The van der Waals surface area contributed by atoms with Gasteiger partial charge in [-0.05, 0) is 19.3 Å². The normalized spacial score (nSPS) is 23.9. The van der Waals surface area contributed by atoms with E-state index in [1.807, 2.05) is 0 Å². The van der Waals surface area contributed by atoms with Gasteiger partial charge in [0, 0.05) is 24.7 Å². The van der Waals surface area contributed by atoms with Crippen molar-refractivity contribution in [1.29, 1.82) is 0 Å². The summed E-state index contributed by atoms with van der Waals surface area (Å²) < 4.78 is 1.71. The summed E-state index contributed by atoms with van der Waals surface area (Å²) in [5.41, 5.74) is 5.78. The molecule has 1 aliphatic carbocycles. The molecule has 1 aliphatic rings. The number of carbonyl (C=O) groups is 1. The van der Waals surface area contributed by atoms with Crippen molar-refractivity contribution in [2.24, 2.45) is 11.7 Å². The Morgan fingerprint density at radius 2 is 2.47 bits per heavy atom. The highest BCUT2D eigenvalue weighted by molar-refractivity contribution is 6.30. The first-order chi connectivity index (χ1) is 8.15. The predicted molar refractivity (Wildman–Crippen MR) is 65.6 cm³/mol. The molecule has 17 heavy (non-hydrogen) atoms. The van der Waals surface area contributed by atoms with Crippen molar-refractivity contribution in [2.75, 3.05) is 6.54 Å². The van der Waals surface area contributed by atoms with Gasteiger partial charge in [0.25, 0.3) is 0 Å². The average molecular weight is 257 g/mol. The summed E-state index contributed by atoms with van der Waals surface area (Å²) in [7, 11) is 0. The minimum absolute atomic E-state index is 0.0891. The highest BCUT2D eigenvalue weighted by atomic mass is 35.5. The lowest BCUT2D eigenvalue weighted by Crippen LogP contribution is -2.32. The lowest BCUT2D eigenvalue weighted by Gasteiger charge is -2.10. The summed E-state index contributed by atoms with van der Waals surface area (Å²) in [6.07, 6.45) is 5.98. The largest absolute Gasteiger partial charge is 0.354 e. The molecule has 0 saturated heterocycles. The Kier molecular flexibility index (Phi) is 4.02. The van der Waals surface area contributed by atoms with E-state index in [2.05, 4.69) is 10.4 Å². The molecular formula is C11H17ClN4O. The number of aromatic nitrogens is 2. The van der Waals surface area contributed by atoms with Gasteiger partial charge in [0.2, 0.25) is 5.91 Å². The van der Waals surface area contributed by atoms with E-state index in [1.54, 1.807) is 17.1 Å². The van der Waals surface area contributed by atoms with Gasteiger partial charge in [-0.2, -0.15) is 5.10 Å². The monoisotopic (exact) mass is 256 g/mol. The minimum Gasteiger partial charge on any atom is -0.354 e. The third-order valence-electron chi connectivity index (χ3n) is 3.09. The van der Waals surface area contributed by atoms with Crippen LogP contribution in [0.25, 0.3) is 0 Å². The maximum absolute atomic E-state index is 11.8. The zero-order chi connectivity index (χ0) is 12.3. The van der Waals surface area contributed by atoms with Crippen molar-refractivity contribution < 1.29 is 4.79 Å². The molecule has 1 heterocycles. The van der Waals surface area contributed by atoms with Crippen LogP contribution in [0.2, 0.25) is 5.02 Å². The van der Waals surface area contributed by atoms with Gasteiger partial charge in [-0.3, -0.25) is 9.48 Å². The molecule has 5 nitrogen and oxygen atoms in total. The molecule has 1 fully saturated rings. The van der Waals surface area contributed by atoms with E-state index in [0.717, 1.165) is 19.3 Å². The van der Waals surface area contributed by atoms with Crippen LogP contribution in [0.5, 0.6) is 0 Å². The molecule has 0 spiro atoms. The third-order valence-corrected chi connectivity index (χ3v) is 3.28. The van der Waals surface area contributed by atoms with Gasteiger partial charge in [0.05, 0.1) is 17.8 Å². The number of amides is 1. The van der Waals surface area contributed by atoms with Crippen LogP contribution >= 0.6 is 11.6 Å². The second kappa shape index (κ2) is 5.51. The van der Waals surface area contributed by atoms with Gasteiger partial charge in [-0.15, -0.1) is 0 Å². The number of hydrogen-bond acceptors (Lipinski definition) is 3. The fraction of sp³-hybridized carbons (Fsp3) is 0.636. The van der Waals surface area contributed by atoms with E-state index in [0.29, 0.717) is 18.1 Å². The van der Waals surface area contributed by atoms with Gasteiger partial charge < -0.3 is 11.1 Å². The molecule has 0 bridgehead atoms. The van der Waals surface area contributed by atoms with Gasteiger partial charge >= 0.3 is 0 Å². The highest BCUT2D eigenvalue weighted by Crippen LogP contribution is 2.23. The van der Waals surface area contributed by atoms with E-state index >= 15 is 0 Å². The standard InChI is InChI=1S/C11H17ClN4O/c12-9-6-15-16(7-9)4-3-14-11(17)8-1-2-10(13)5-8/h6-8,10H,1-5,13H2,(H,14,17)/t8-,10+/m1/s1. The fourth-order valence-electron chi connectivity index (χ4n) is 2.15. The van der Waals surface area contributed by atoms with Crippen molar-refractivity contribution in [1.82, 2.24) is 15.1 Å². The van der Waals surface area contributed by atoms with Crippen LogP contribution < -0.4 is 11.1 Å². The van der Waals surface area contributed by atoms with E-state index in [4.69, 9.17) is 17.3 Å². The number of carbonyl (C=O) groups excluding carboxylic acids is 1. The summed E-state index contributed by atoms with van der Waals surface area (Å²) in [4.78, 5) is 11.8. The van der Waals surface area contributed by atoms with Gasteiger partial charge in [-0.25, -0.2) is 0 Å². The van der Waals surface area contributed by atoms with Crippen molar-refractivity contribution in [3.8, 4) is 0 Å². The van der Waals surface area contributed by atoms with Crippen LogP contribution in [-0.2, 0) is 11.3 Å². The van der Waals surface area contributed by atoms with Crippen LogP contribution in [-0.4, -0.2) is 28.3 Å². The van der Waals surface area contributed by atoms with Crippen LogP contribution in [0.1, 0.15) is 19.3 Å². The number of halogens is 1. The molecule has 2 atom stereocenters. The van der Waals surface area contributed by atoms with E-state index in [-0.39, 0.29) is 17.9 Å². The molecule has 94 valence electrons. The zero-order valence-corrected chi connectivity index (χ0v) is 10.4. The molecule has 6 heteroatoms. The summed E-state index contributed by atoms with van der Waals surface area (Å²) in [5, 5.41) is 7.55. The molecule has 1 amide bonds. The number of nitrogens with zero attached hydrogens (tertiary/aromatic N) is 2. The zero-order valence-electron chi connectivity index (χ0n) is 9.60. The van der Waals surface area contributed by atoms with E-state index < -0.39 is 0 Å². The van der Waals surface area contributed by atoms with Crippen molar-refractivity contribution in [3.05, 3.63) is 17.4 Å². The lowest BCUT2D eigenvalue weighted by atomic mass is 10.1. The highest BCUT2D eigenvalue weighted by Gasteiger charge is 2.27. The number of rotatable bonds is 4. The quantitative estimate of drug-likeness (QED) is 0.836. The van der Waals surface area contributed by atoms with Crippen molar-refractivity contribution >= 4 is 17.5 Å². The van der Waals surface area contributed by atoms with Gasteiger partial charge in [0.1, 0.15) is 0 Å². The maximum atomic E-state index is 11.8. The topological polar surface area (TPSA) is 72.9 Å². The van der Waals surface area contributed by atoms with Gasteiger partial charge in [0.15, 0.2) is 0 Å². The summed E-state index contributed by atoms with van der Waals surface area (Å²) in [6.45, 7) is 1.21. The molecule has 3 N–H and O–H groups in total. The minimum atomic E-state index is 0.0891. The summed E-state index contributed by atoms with van der Waals surface area (Å²) in [6, 6.07) is 0.190. The first-order valence-corrected chi connectivity index (χ1v) is 6.24. The SMILES string of the molecule is N[C@H]1CC[C@@H](C(=O)NCCn2cc(Cl)cn2)C1. The summed E-state index contributed by atoms with van der Waals surface area (Å²) >= 11 is 5.74. The number of nitrogens with two attached hydrogens (primary N) is 1. The smallest absolute Gasteiger partial charge is 0.223 e. The van der Waals surface area contributed by atoms with Crippen LogP contribution in [0.3, 0.4) is 0 Å². The number of hydrogen-bond donors (Lipinski definition) is 2. The Morgan fingerprint density at radius 1 is 1.65 bits per heavy atom. The van der Waals surface area contributed by atoms with Crippen LogP contribution in [0, 0.1) is 5.92 Å². The Labute approximate surface area is 105 Å². The van der Waals surface area contributed by atoms with Crippen molar-refractivity contribution in [3.63, 3.8) is 0 Å². The molecule has 1 aromatic heterocycles. The van der Waals surface area contributed by atoms with Gasteiger partial charge in [-0.1, -0.05) is 11.6 Å². The first kappa shape index (κ1) is 12.4. The first-order valence-electron chi connectivity index (χ1n) is 5.86. The molecule has 0 aromatic carbocycles. The third kappa shape index (κ3) is 3.44. The molecule has 2 rings (SSSR count). The summed E-state index contributed by atoms with van der Waals surface area (Å²) in [5.74, 6) is 0.197. The fourth-order valence-corrected chi connectivity index (χ4v) is 2.31. The van der Waals surface area contributed by atoms with Crippen LogP contribution in [0.15, 0.2) is 12.4 Å². The van der Waals surface area contributed by atoms with Crippen LogP contribution in [0.4, 0.5) is 0 Å². The molecule has 0 unspecified atom stereocenters. The second-order valence-corrected chi connectivity index (χ2v) is 4.92. The maximum Gasteiger partial charge on any atom is 0.223 e. The Bertz CT molecular complexity index is 393. The lowest BCUT2D eigenvalue weighted by molar-refractivity contribution is -0.124. The molecule has 1 aromatic rings. The Morgan fingerprint density at radius 3 is 3.06 bits per heavy atom. The average Bonchev–Trinajstić information content (AvgIpc) is 2.88. The molecule has 1 saturated carbocycles. The van der Waals surface area contributed by atoms with Crippen molar-refractivity contribution in [2.45, 2.75) is 31.8 Å². The van der Waals surface area contributed by atoms with E-state index in [9.17, 15) is 4.79 Å². The molecular weight excluding hydrogens is 240 g/mol. The molecule has 0 radical (unpaired) electrons. The molecule has 0 aliphatic heterocycles. The van der Waals surface area contributed by atoms with E-state index in [1.165, 1.54) is 0 Å². The second-order valence-electron chi connectivity index (χ2n) is 4.48. The Balaban J connectivity index is 1.70. The number of nitrogens with one attached hydrogen (secondary N) is 1. The predicted octanol–water partition coefficient (Wildman–Crippen LogP) is 0.780.